The van der Waals surface area contributed by atoms with Gasteiger partial charge in [0.2, 0.25) is 0 Å². The van der Waals surface area contributed by atoms with E-state index in [4.69, 9.17) is 10.00 Å². The molecule has 0 aromatic carbocycles. The van der Waals surface area contributed by atoms with Gasteiger partial charge in [0.25, 0.3) is 0 Å². The Labute approximate surface area is 115 Å². The maximum atomic E-state index is 11.8. The van der Waals surface area contributed by atoms with Gasteiger partial charge in [0.15, 0.2) is 17.4 Å². The van der Waals surface area contributed by atoms with Gasteiger partial charge in [-0.2, -0.15) is 5.26 Å². The lowest BCUT2D eigenvalue weighted by atomic mass is 10.0. The number of ether oxygens (including phenoxy) is 1. The summed E-state index contributed by atoms with van der Waals surface area (Å²) in [4.78, 5) is 27.3. The average Bonchev–Trinajstić information content (AvgIpc) is 2.87. The molecule has 0 N–H and O–H groups in total. The summed E-state index contributed by atoms with van der Waals surface area (Å²) in [6.45, 7) is 5.48. The number of allylic oxidation sites excluding steroid dienone is 1. The quantitative estimate of drug-likeness (QED) is 0.565. The lowest BCUT2D eigenvalue weighted by Crippen LogP contribution is -2.11. The van der Waals surface area contributed by atoms with Gasteiger partial charge in [0.1, 0.15) is 5.01 Å². The van der Waals surface area contributed by atoms with Gasteiger partial charge >= 0.3 is 5.97 Å². The molecule has 1 unspecified atom stereocenters. The van der Waals surface area contributed by atoms with E-state index in [0.717, 1.165) is 11.3 Å². The Bertz CT molecular complexity index is 516. The molecule has 0 amide bonds. The van der Waals surface area contributed by atoms with E-state index in [0.29, 0.717) is 11.4 Å². The molecule has 1 aromatic heterocycles. The summed E-state index contributed by atoms with van der Waals surface area (Å²) >= 11 is 1.12. The van der Waals surface area contributed by atoms with Crippen molar-refractivity contribution in [1.29, 1.82) is 5.26 Å². The summed E-state index contributed by atoms with van der Waals surface area (Å²) in [7, 11) is 0. The molecule has 1 aromatic rings. The molecule has 5 nitrogen and oxygen atoms in total. The molecule has 1 heterocycles. The van der Waals surface area contributed by atoms with Crippen LogP contribution in [0.5, 0.6) is 0 Å². The number of nitrogens with zero attached hydrogens (tertiary/aromatic N) is 2. The third-order valence-electron chi connectivity index (χ3n) is 2.30. The Morgan fingerprint density at radius 2 is 2.42 bits per heavy atom. The second-order valence-electron chi connectivity index (χ2n) is 3.65. The number of ketones is 1. The van der Waals surface area contributed by atoms with Gasteiger partial charge in [-0.05, 0) is 13.3 Å². The zero-order valence-corrected chi connectivity index (χ0v) is 11.4. The number of Topliss-reactive ketones (excluding diaryl/α,β-unsaturated/α-hetero) is 1. The van der Waals surface area contributed by atoms with Crippen LogP contribution in [0.25, 0.3) is 0 Å². The molecule has 0 radical (unpaired) electrons. The van der Waals surface area contributed by atoms with Crippen LogP contribution in [0.1, 0.15) is 41.2 Å². The summed E-state index contributed by atoms with van der Waals surface area (Å²) in [5.74, 6) is -1.68. The minimum atomic E-state index is -0.923. The lowest BCUT2D eigenvalue weighted by molar-refractivity contribution is -0.119. The highest BCUT2D eigenvalue weighted by Gasteiger charge is 2.24. The first-order valence-corrected chi connectivity index (χ1v) is 6.67. The van der Waals surface area contributed by atoms with Crippen molar-refractivity contribution in [1.82, 2.24) is 4.98 Å². The number of nitriles is 1. The molecule has 0 aliphatic heterocycles. The van der Waals surface area contributed by atoms with Gasteiger partial charge in [-0.15, -0.1) is 17.9 Å². The van der Waals surface area contributed by atoms with Crippen molar-refractivity contribution in [3.8, 4) is 6.07 Å². The first kappa shape index (κ1) is 15.1. The Morgan fingerprint density at radius 3 is 3.00 bits per heavy atom. The SMILES string of the molecule is C=CCCC(=O)C(C#N)c1nc(C(=O)OCC)cs1. The number of hydrogen-bond donors (Lipinski definition) is 0. The van der Waals surface area contributed by atoms with Crippen LogP contribution in [0.2, 0.25) is 0 Å². The molecule has 0 spiro atoms. The van der Waals surface area contributed by atoms with Crippen LogP contribution in [-0.4, -0.2) is 23.3 Å². The average molecular weight is 278 g/mol. The lowest BCUT2D eigenvalue weighted by Gasteiger charge is -2.03. The maximum Gasteiger partial charge on any atom is 0.357 e. The maximum absolute atomic E-state index is 11.8. The molecule has 0 saturated carbocycles. The van der Waals surface area contributed by atoms with Gasteiger partial charge in [-0.25, -0.2) is 9.78 Å². The van der Waals surface area contributed by atoms with E-state index in [1.54, 1.807) is 13.0 Å². The van der Waals surface area contributed by atoms with E-state index in [-0.39, 0.29) is 24.5 Å². The predicted molar refractivity (Wildman–Crippen MR) is 70.9 cm³/mol. The molecule has 19 heavy (non-hydrogen) atoms. The third kappa shape index (κ3) is 4.00. The molecule has 1 atom stereocenters. The molecule has 0 fully saturated rings. The molecule has 6 heteroatoms. The van der Waals surface area contributed by atoms with Gasteiger partial charge in [-0.1, -0.05) is 6.08 Å². The van der Waals surface area contributed by atoms with Gasteiger partial charge in [-0.3, -0.25) is 4.79 Å². The van der Waals surface area contributed by atoms with Gasteiger partial charge < -0.3 is 4.74 Å². The molecular weight excluding hydrogens is 264 g/mol. The summed E-state index contributed by atoms with van der Waals surface area (Å²) in [6.07, 6.45) is 2.39. The van der Waals surface area contributed by atoms with Gasteiger partial charge in [0.05, 0.1) is 12.7 Å². The van der Waals surface area contributed by atoms with Crippen molar-refractivity contribution >= 4 is 23.1 Å². The number of thiazole rings is 1. The predicted octanol–water partition coefficient (Wildman–Crippen LogP) is 2.46. The van der Waals surface area contributed by atoms with Crippen LogP contribution < -0.4 is 0 Å². The minimum Gasteiger partial charge on any atom is -0.461 e. The topological polar surface area (TPSA) is 80.0 Å². The fraction of sp³-hybridized carbons (Fsp3) is 0.385. The molecule has 0 saturated heterocycles. The van der Waals surface area contributed by atoms with E-state index < -0.39 is 11.9 Å². The number of rotatable bonds is 7. The standard InChI is InChI=1S/C13H14N2O3S/c1-3-5-6-11(16)9(7-14)12-15-10(8-19-12)13(17)18-4-2/h3,8-9H,1,4-6H2,2H3. The fourth-order valence-electron chi connectivity index (χ4n) is 1.37. The van der Waals surface area contributed by atoms with Crippen LogP contribution in [0.4, 0.5) is 0 Å². The third-order valence-corrected chi connectivity index (χ3v) is 3.21. The number of hydrogen-bond acceptors (Lipinski definition) is 6. The van der Waals surface area contributed by atoms with Crippen molar-refractivity contribution in [3.05, 3.63) is 28.7 Å². The van der Waals surface area contributed by atoms with Crippen LogP contribution in [0.3, 0.4) is 0 Å². The van der Waals surface area contributed by atoms with E-state index in [2.05, 4.69) is 11.6 Å². The van der Waals surface area contributed by atoms with Crippen LogP contribution >= 0.6 is 11.3 Å². The summed E-state index contributed by atoms with van der Waals surface area (Å²) < 4.78 is 4.80. The zero-order chi connectivity index (χ0) is 14.3. The monoisotopic (exact) mass is 278 g/mol. The second kappa shape index (κ2) is 7.44. The molecule has 0 bridgehead atoms. The molecule has 0 aliphatic rings. The highest BCUT2D eigenvalue weighted by atomic mass is 32.1. The van der Waals surface area contributed by atoms with Crippen LogP contribution in [0.15, 0.2) is 18.0 Å². The number of carbonyl (C=O) groups excluding carboxylic acids is 2. The zero-order valence-electron chi connectivity index (χ0n) is 10.6. The molecule has 0 aliphatic carbocycles. The summed E-state index contributed by atoms with van der Waals surface area (Å²) in [6, 6.07) is 1.92. The molecule has 1 rings (SSSR count). The van der Waals surface area contributed by atoms with Crippen molar-refractivity contribution in [2.24, 2.45) is 0 Å². The van der Waals surface area contributed by atoms with Crippen molar-refractivity contribution < 1.29 is 14.3 Å². The number of carbonyl (C=O) groups is 2. The van der Waals surface area contributed by atoms with Crippen LogP contribution in [0, 0.1) is 11.3 Å². The summed E-state index contributed by atoms with van der Waals surface area (Å²) in [5, 5.41) is 10.9. The minimum absolute atomic E-state index is 0.138. The van der Waals surface area contributed by atoms with Crippen molar-refractivity contribution in [3.63, 3.8) is 0 Å². The Balaban J connectivity index is 2.83. The summed E-state index contributed by atoms with van der Waals surface area (Å²) in [5.41, 5.74) is 0.138. The molecular formula is C13H14N2O3S. The number of esters is 1. The number of aromatic nitrogens is 1. The first-order chi connectivity index (χ1) is 9.13. The van der Waals surface area contributed by atoms with E-state index in [1.807, 2.05) is 6.07 Å². The Hall–Kier alpha value is -2.00. The Morgan fingerprint density at radius 1 is 1.68 bits per heavy atom. The van der Waals surface area contributed by atoms with E-state index in [9.17, 15) is 9.59 Å². The highest BCUT2D eigenvalue weighted by molar-refractivity contribution is 7.10. The van der Waals surface area contributed by atoms with E-state index in [1.165, 1.54) is 5.38 Å². The first-order valence-electron chi connectivity index (χ1n) is 5.79. The smallest absolute Gasteiger partial charge is 0.357 e. The van der Waals surface area contributed by atoms with Crippen molar-refractivity contribution in [2.45, 2.75) is 25.7 Å². The van der Waals surface area contributed by atoms with Crippen LogP contribution in [-0.2, 0) is 9.53 Å². The molecule has 100 valence electrons. The largest absolute Gasteiger partial charge is 0.461 e. The highest BCUT2D eigenvalue weighted by Crippen LogP contribution is 2.23. The van der Waals surface area contributed by atoms with Gasteiger partial charge in [0, 0.05) is 11.8 Å². The second-order valence-corrected chi connectivity index (χ2v) is 4.54. The van der Waals surface area contributed by atoms with Crippen molar-refractivity contribution in [2.75, 3.05) is 6.61 Å². The Kier molecular flexibility index (Phi) is 5.90. The fourth-order valence-corrected chi connectivity index (χ4v) is 2.23. The van der Waals surface area contributed by atoms with E-state index >= 15 is 0 Å². The normalized spacial score (nSPS) is 11.4.